The van der Waals surface area contributed by atoms with E-state index in [0.717, 1.165) is 37.9 Å². The third-order valence-electron chi connectivity index (χ3n) is 4.18. The van der Waals surface area contributed by atoms with Crippen molar-refractivity contribution in [3.63, 3.8) is 0 Å². The lowest BCUT2D eigenvalue weighted by molar-refractivity contribution is 0.0941. The predicted octanol–water partition coefficient (Wildman–Crippen LogP) is 4.93. The summed E-state index contributed by atoms with van der Waals surface area (Å²) in [5, 5.41) is 4.13. The van der Waals surface area contributed by atoms with E-state index in [1.165, 1.54) is 23.5 Å². The van der Waals surface area contributed by atoms with Gasteiger partial charge in [0.2, 0.25) is 0 Å². The van der Waals surface area contributed by atoms with Gasteiger partial charge in [-0.05, 0) is 57.6 Å². The highest BCUT2D eigenvalue weighted by atomic mass is 35.5. The molecule has 0 aliphatic carbocycles. The highest BCUT2D eigenvalue weighted by molar-refractivity contribution is 7.21. The zero-order valence-corrected chi connectivity index (χ0v) is 15.9. The maximum atomic E-state index is 13.3. The summed E-state index contributed by atoms with van der Waals surface area (Å²) >= 11 is 7.52. The summed E-state index contributed by atoms with van der Waals surface area (Å²) in [6, 6.07) is 4.47. The third kappa shape index (κ3) is 4.68. The van der Waals surface area contributed by atoms with E-state index in [1.807, 2.05) is 6.92 Å². The Balaban J connectivity index is 1.95. The molecule has 2 rings (SSSR count). The average molecular weight is 371 g/mol. The van der Waals surface area contributed by atoms with Crippen LogP contribution in [0.1, 0.15) is 43.3 Å². The molecular formula is C18H24ClFN2OS. The van der Waals surface area contributed by atoms with Crippen molar-refractivity contribution in [3.05, 3.63) is 33.9 Å². The van der Waals surface area contributed by atoms with E-state index in [4.69, 9.17) is 11.6 Å². The number of halogens is 2. The SMILES string of the molecule is CCN(CC)CCCC(C)NC(=O)c1sc2cc(F)ccc2c1Cl. The molecule has 0 bridgehead atoms. The van der Waals surface area contributed by atoms with Crippen LogP contribution in [0.25, 0.3) is 10.1 Å². The lowest BCUT2D eigenvalue weighted by atomic mass is 10.1. The van der Waals surface area contributed by atoms with Gasteiger partial charge in [-0.15, -0.1) is 11.3 Å². The Hall–Kier alpha value is -1.17. The van der Waals surface area contributed by atoms with Crippen molar-refractivity contribution in [2.24, 2.45) is 0 Å². The molecule has 132 valence electrons. The number of hydrogen-bond acceptors (Lipinski definition) is 3. The fraction of sp³-hybridized carbons (Fsp3) is 0.500. The van der Waals surface area contributed by atoms with Gasteiger partial charge in [-0.25, -0.2) is 4.39 Å². The van der Waals surface area contributed by atoms with Crippen LogP contribution in [0.4, 0.5) is 4.39 Å². The molecule has 24 heavy (non-hydrogen) atoms. The summed E-state index contributed by atoms with van der Waals surface area (Å²) in [5.41, 5.74) is 0. The van der Waals surface area contributed by atoms with Crippen LogP contribution in [0, 0.1) is 5.82 Å². The van der Waals surface area contributed by atoms with Crippen molar-refractivity contribution in [1.29, 1.82) is 0 Å². The smallest absolute Gasteiger partial charge is 0.263 e. The van der Waals surface area contributed by atoms with Crippen molar-refractivity contribution in [3.8, 4) is 0 Å². The molecule has 0 spiro atoms. The quantitative estimate of drug-likeness (QED) is 0.714. The number of benzene rings is 1. The number of nitrogens with zero attached hydrogens (tertiary/aromatic N) is 1. The van der Waals surface area contributed by atoms with Crippen LogP contribution in [0.3, 0.4) is 0 Å². The molecule has 0 saturated heterocycles. The summed E-state index contributed by atoms with van der Waals surface area (Å²) in [7, 11) is 0. The molecule has 1 N–H and O–H groups in total. The van der Waals surface area contributed by atoms with Crippen LogP contribution in [0.2, 0.25) is 5.02 Å². The second-order valence-electron chi connectivity index (χ2n) is 5.93. The molecule has 0 aliphatic heterocycles. The zero-order valence-electron chi connectivity index (χ0n) is 14.4. The number of hydrogen-bond donors (Lipinski definition) is 1. The molecule has 0 saturated carbocycles. The summed E-state index contributed by atoms with van der Waals surface area (Å²) in [5.74, 6) is -0.505. The highest BCUT2D eigenvalue weighted by Crippen LogP contribution is 2.35. The molecule has 1 heterocycles. The normalized spacial score (nSPS) is 12.8. The first kappa shape index (κ1) is 19.2. The maximum absolute atomic E-state index is 13.3. The first-order valence-electron chi connectivity index (χ1n) is 8.37. The molecule has 1 aromatic heterocycles. The van der Waals surface area contributed by atoms with Crippen LogP contribution in [0.5, 0.6) is 0 Å². The molecule has 1 atom stereocenters. The van der Waals surface area contributed by atoms with Gasteiger partial charge in [0, 0.05) is 16.1 Å². The molecule has 0 radical (unpaired) electrons. The lowest BCUT2D eigenvalue weighted by Crippen LogP contribution is -2.33. The molecular weight excluding hydrogens is 347 g/mol. The number of amides is 1. The van der Waals surface area contributed by atoms with Gasteiger partial charge in [0.25, 0.3) is 5.91 Å². The molecule has 3 nitrogen and oxygen atoms in total. The first-order chi connectivity index (χ1) is 11.5. The van der Waals surface area contributed by atoms with Gasteiger partial charge < -0.3 is 10.2 Å². The zero-order chi connectivity index (χ0) is 17.7. The van der Waals surface area contributed by atoms with E-state index in [-0.39, 0.29) is 17.8 Å². The second kappa shape index (κ2) is 8.79. The summed E-state index contributed by atoms with van der Waals surface area (Å²) in [6.07, 6.45) is 1.95. The van der Waals surface area contributed by atoms with E-state index in [2.05, 4.69) is 24.1 Å². The fourth-order valence-corrected chi connectivity index (χ4v) is 4.15. The minimum Gasteiger partial charge on any atom is -0.349 e. The maximum Gasteiger partial charge on any atom is 0.263 e. The van der Waals surface area contributed by atoms with Crippen LogP contribution >= 0.6 is 22.9 Å². The molecule has 0 fully saturated rings. The number of nitrogens with one attached hydrogen (secondary N) is 1. The monoisotopic (exact) mass is 370 g/mol. The minimum atomic E-state index is -0.322. The third-order valence-corrected chi connectivity index (χ3v) is 5.84. The largest absolute Gasteiger partial charge is 0.349 e. The summed E-state index contributed by atoms with van der Waals surface area (Å²) < 4.78 is 14.0. The molecule has 1 amide bonds. The van der Waals surface area contributed by atoms with Crippen molar-refractivity contribution < 1.29 is 9.18 Å². The Morgan fingerprint density at radius 1 is 1.38 bits per heavy atom. The van der Waals surface area contributed by atoms with Crippen LogP contribution in [0.15, 0.2) is 18.2 Å². The molecule has 1 unspecified atom stereocenters. The summed E-state index contributed by atoms with van der Waals surface area (Å²) in [4.78, 5) is 15.3. The number of rotatable bonds is 8. The van der Waals surface area contributed by atoms with Gasteiger partial charge in [-0.3, -0.25) is 4.79 Å². The van der Waals surface area contributed by atoms with E-state index in [0.29, 0.717) is 14.6 Å². The number of fused-ring (bicyclic) bond motifs is 1. The van der Waals surface area contributed by atoms with Gasteiger partial charge in [-0.2, -0.15) is 0 Å². The lowest BCUT2D eigenvalue weighted by Gasteiger charge is -2.19. The molecule has 1 aromatic carbocycles. The standard InChI is InChI=1S/C18H24ClFN2OS/c1-4-22(5-2)10-6-7-12(3)21-18(23)17-16(19)14-9-8-13(20)11-15(14)24-17/h8-9,11-12H,4-7,10H2,1-3H3,(H,21,23). The Morgan fingerprint density at radius 2 is 2.08 bits per heavy atom. The van der Waals surface area contributed by atoms with Crippen LogP contribution in [-0.4, -0.2) is 36.5 Å². The van der Waals surface area contributed by atoms with E-state index >= 15 is 0 Å². The number of carbonyl (C=O) groups excluding carboxylic acids is 1. The van der Waals surface area contributed by atoms with Crippen molar-refractivity contribution in [1.82, 2.24) is 10.2 Å². The molecule has 6 heteroatoms. The predicted molar refractivity (Wildman–Crippen MR) is 101 cm³/mol. The number of carbonyl (C=O) groups is 1. The van der Waals surface area contributed by atoms with E-state index in [9.17, 15) is 9.18 Å². The Bertz CT molecular complexity index is 700. The van der Waals surface area contributed by atoms with Gasteiger partial charge >= 0.3 is 0 Å². The van der Waals surface area contributed by atoms with Crippen molar-refractivity contribution in [2.75, 3.05) is 19.6 Å². The van der Waals surface area contributed by atoms with Crippen molar-refractivity contribution in [2.45, 2.75) is 39.7 Å². The topological polar surface area (TPSA) is 32.3 Å². The van der Waals surface area contributed by atoms with Crippen LogP contribution in [-0.2, 0) is 0 Å². The fourth-order valence-electron chi connectivity index (χ4n) is 2.71. The van der Waals surface area contributed by atoms with Gasteiger partial charge in [-0.1, -0.05) is 25.4 Å². The first-order valence-corrected chi connectivity index (χ1v) is 9.56. The van der Waals surface area contributed by atoms with Gasteiger partial charge in [0.15, 0.2) is 0 Å². The number of thiophene rings is 1. The Labute approximate surface area is 151 Å². The molecule has 0 aliphatic rings. The van der Waals surface area contributed by atoms with E-state index in [1.54, 1.807) is 6.07 Å². The van der Waals surface area contributed by atoms with Gasteiger partial charge in [0.05, 0.1) is 5.02 Å². The highest BCUT2D eigenvalue weighted by Gasteiger charge is 2.19. The van der Waals surface area contributed by atoms with Crippen molar-refractivity contribution >= 4 is 38.9 Å². The molecule has 2 aromatic rings. The average Bonchev–Trinajstić information content (AvgIpc) is 2.87. The Morgan fingerprint density at radius 3 is 2.75 bits per heavy atom. The Kier molecular flexibility index (Phi) is 7.02. The van der Waals surface area contributed by atoms with Crippen LogP contribution < -0.4 is 5.32 Å². The minimum absolute atomic E-state index is 0.0751. The second-order valence-corrected chi connectivity index (χ2v) is 7.36. The summed E-state index contributed by atoms with van der Waals surface area (Å²) in [6.45, 7) is 9.44. The van der Waals surface area contributed by atoms with Gasteiger partial charge in [0.1, 0.15) is 10.7 Å². The van der Waals surface area contributed by atoms with E-state index < -0.39 is 0 Å².